The van der Waals surface area contributed by atoms with Crippen LogP contribution in [-0.4, -0.2) is 49.4 Å². The molecule has 1 aromatic carbocycles. The van der Waals surface area contributed by atoms with Crippen molar-refractivity contribution in [1.29, 1.82) is 0 Å². The van der Waals surface area contributed by atoms with Gasteiger partial charge in [0.15, 0.2) is 0 Å². The fraction of sp³-hybridized carbons (Fsp3) is 0.440. The topological polar surface area (TPSA) is 120 Å². The van der Waals surface area contributed by atoms with Gasteiger partial charge in [-0.3, -0.25) is 4.68 Å². The Balaban J connectivity index is 1.36. The zero-order valence-electron chi connectivity index (χ0n) is 19.2. The summed E-state index contributed by atoms with van der Waals surface area (Å²) in [6.07, 6.45) is 9.78. The third-order valence-electron chi connectivity index (χ3n) is 7.21. The zero-order valence-corrected chi connectivity index (χ0v) is 19.2. The zero-order chi connectivity index (χ0) is 22.9. The number of ether oxygens (including phenoxy) is 1. The van der Waals surface area contributed by atoms with Crippen molar-refractivity contribution in [2.45, 2.75) is 50.6 Å². The minimum atomic E-state index is 0.0841. The molecule has 1 aliphatic carbocycles. The van der Waals surface area contributed by atoms with Gasteiger partial charge in [-0.25, -0.2) is 4.98 Å². The molecule has 1 saturated carbocycles. The van der Waals surface area contributed by atoms with Gasteiger partial charge in [0.05, 0.1) is 19.3 Å². The first-order valence-corrected chi connectivity index (χ1v) is 12.2. The van der Waals surface area contributed by atoms with Gasteiger partial charge in [0.2, 0.25) is 5.65 Å². The van der Waals surface area contributed by atoms with Crippen LogP contribution < -0.4 is 15.8 Å². The minimum absolute atomic E-state index is 0.0841. The number of anilines is 1. The van der Waals surface area contributed by atoms with Crippen LogP contribution in [0, 0.1) is 5.92 Å². The number of rotatable bonds is 1. The fourth-order valence-corrected chi connectivity index (χ4v) is 5.39. The molecule has 1 fully saturated rings. The molecule has 0 amide bonds. The molecule has 7 rings (SSSR count). The summed E-state index contributed by atoms with van der Waals surface area (Å²) in [6, 6.07) is 10.8. The summed E-state index contributed by atoms with van der Waals surface area (Å²) in [6.45, 7) is 2.39. The Morgan fingerprint density at radius 3 is 2.88 bits per heavy atom. The van der Waals surface area contributed by atoms with Gasteiger partial charge in [0.1, 0.15) is 17.1 Å². The smallest absolute Gasteiger partial charge is 0.203 e. The lowest BCUT2D eigenvalue weighted by Crippen LogP contribution is -2.35. The maximum absolute atomic E-state index is 6.17. The molecule has 1 unspecified atom stereocenters. The van der Waals surface area contributed by atoms with Crippen LogP contribution in [0.25, 0.3) is 11.2 Å². The molecule has 0 saturated heterocycles. The van der Waals surface area contributed by atoms with E-state index >= 15 is 0 Å². The number of pyridine rings is 1. The highest BCUT2D eigenvalue weighted by molar-refractivity contribution is 5.77. The standard InChI is InChI=1S/C25H30N8O/c26-23-11-22(24-25(29-23)31-32-30-24)21-8-9-27-19-6-4-16(5-7-19)15-34-20-3-1-2-17(10-20)13-33-14-18(21)12-28-33/h1-3,10-12,14,16,19,21,27H,4-9,13,15H2,(H3,26,29,30,31,32). The van der Waals surface area contributed by atoms with Crippen molar-refractivity contribution in [1.82, 2.24) is 35.5 Å². The molecule has 4 aromatic rings. The van der Waals surface area contributed by atoms with E-state index in [0.29, 0.717) is 30.0 Å². The van der Waals surface area contributed by atoms with Gasteiger partial charge in [-0.2, -0.15) is 15.4 Å². The predicted molar refractivity (Wildman–Crippen MR) is 130 cm³/mol. The van der Waals surface area contributed by atoms with E-state index in [-0.39, 0.29) is 5.92 Å². The summed E-state index contributed by atoms with van der Waals surface area (Å²) >= 11 is 0. The molecule has 1 atom stereocenters. The number of H-pyrrole nitrogens is 1. The summed E-state index contributed by atoms with van der Waals surface area (Å²) in [5, 5.41) is 19.8. The first kappa shape index (κ1) is 21.1. The lowest BCUT2D eigenvalue weighted by atomic mass is 9.86. The first-order valence-electron chi connectivity index (χ1n) is 12.2. The fourth-order valence-electron chi connectivity index (χ4n) is 5.39. The van der Waals surface area contributed by atoms with Crippen LogP contribution in [0.2, 0.25) is 0 Å². The Bertz CT molecular complexity index is 1270. The molecular weight excluding hydrogens is 428 g/mol. The van der Waals surface area contributed by atoms with Gasteiger partial charge >= 0.3 is 0 Å². The van der Waals surface area contributed by atoms with E-state index in [1.54, 1.807) is 0 Å². The van der Waals surface area contributed by atoms with Crippen molar-refractivity contribution < 1.29 is 4.74 Å². The third-order valence-corrected chi connectivity index (χ3v) is 7.21. The van der Waals surface area contributed by atoms with Crippen molar-refractivity contribution in [2.24, 2.45) is 5.92 Å². The molecule has 4 N–H and O–H groups in total. The molecule has 3 aromatic heterocycles. The van der Waals surface area contributed by atoms with Crippen LogP contribution in [0.5, 0.6) is 5.75 Å². The Kier molecular flexibility index (Phi) is 5.62. The molecule has 176 valence electrons. The number of nitrogens with zero attached hydrogens (tertiary/aromatic N) is 5. The van der Waals surface area contributed by atoms with Crippen molar-refractivity contribution in [2.75, 3.05) is 18.9 Å². The average Bonchev–Trinajstić information content (AvgIpc) is 3.50. The van der Waals surface area contributed by atoms with Crippen LogP contribution in [0.3, 0.4) is 0 Å². The van der Waals surface area contributed by atoms with Crippen molar-refractivity contribution in [3.63, 3.8) is 0 Å². The number of hydrogen-bond donors (Lipinski definition) is 3. The summed E-state index contributed by atoms with van der Waals surface area (Å²) in [4.78, 5) is 4.33. The summed E-state index contributed by atoms with van der Waals surface area (Å²) in [7, 11) is 0. The second-order valence-electron chi connectivity index (χ2n) is 9.57. The number of benzene rings is 1. The second kappa shape index (κ2) is 9.06. The van der Waals surface area contributed by atoms with Crippen LogP contribution >= 0.6 is 0 Å². The van der Waals surface area contributed by atoms with E-state index in [1.165, 1.54) is 31.2 Å². The number of nitrogens with one attached hydrogen (secondary N) is 2. The number of hydrogen-bond acceptors (Lipinski definition) is 7. The maximum atomic E-state index is 6.17. The Morgan fingerprint density at radius 2 is 1.97 bits per heavy atom. The highest BCUT2D eigenvalue weighted by Crippen LogP contribution is 2.33. The lowest BCUT2D eigenvalue weighted by molar-refractivity contribution is 0.191. The Labute approximate surface area is 198 Å². The maximum Gasteiger partial charge on any atom is 0.203 e. The Morgan fingerprint density at radius 1 is 1.06 bits per heavy atom. The van der Waals surface area contributed by atoms with E-state index in [1.807, 2.05) is 23.0 Å². The molecule has 6 bridgehead atoms. The number of nitrogens with two attached hydrogens (primary N) is 1. The molecule has 5 heterocycles. The van der Waals surface area contributed by atoms with Gasteiger partial charge in [-0.15, -0.1) is 5.10 Å². The second-order valence-corrected chi connectivity index (χ2v) is 9.57. The monoisotopic (exact) mass is 458 g/mol. The van der Waals surface area contributed by atoms with Gasteiger partial charge in [-0.05, 0) is 79.5 Å². The number of fused-ring (bicyclic) bond motifs is 7. The molecule has 3 aliphatic rings. The number of aromatic amines is 1. The van der Waals surface area contributed by atoms with E-state index < -0.39 is 0 Å². The highest BCUT2D eigenvalue weighted by atomic mass is 16.5. The lowest BCUT2D eigenvalue weighted by Gasteiger charge is -2.29. The quantitative estimate of drug-likeness (QED) is 0.400. The van der Waals surface area contributed by atoms with E-state index in [4.69, 9.17) is 10.5 Å². The Hall–Kier alpha value is -3.46. The summed E-state index contributed by atoms with van der Waals surface area (Å²) < 4.78 is 8.16. The summed E-state index contributed by atoms with van der Waals surface area (Å²) in [5.41, 5.74) is 10.8. The summed E-state index contributed by atoms with van der Waals surface area (Å²) in [5.74, 6) is 2.10. The highest BCUT2D eigenvalue weighted by Gasteiger charge is 2.25. The van der Waals surface area contributed by atoms with Crippen molar-refractivity contribution >= 4 is 17.0 Å². The van der Waals surface area contributed by atoms with Crippen LogP contribution in [0.4, 0.5) is 5.82 Å². The van der Waals surface area contributed by atoms with E-state index in [2.05, 4.69) is 55.2 Å². The number of nitrogen functional groups attached to an aromatic ring is 1. The van der Waals surface area contributed by atoms with Gasteiger partial charge in [0, 0.05) is 18.2 Å². The third kappa shape index (κ3) is 4.35. The van der Waals surface area contributed by atoms with Crippen molar-refractivity contribution in [3.8, 4) is 5.75 Å². The average molecular weight is 459 g/mol. The van der Waals surface area contributed by atoms with Crippen LogP contribution in [-0.2, 0) is 6.54 Å². The minimum Gasteiger partial charge on any atom is -0.493 e. The molecule has 2 aliphatic heterocycles. The largest absolute Gasteiger partial charge is 0.493 e. The molecular formula is C25H30N8O. The molecule has 34 heavy (non-hydrogen) atoms. The van der Waals surface area contributed by atoms with Crippen LogP contribution in [0.15, 0.2) is 42.7 Å². The number of aromatic nitrogens is 6. The first-order chi connectivity index (χ1) is 16.7. The van der Waals surface area contributed by atoms with E-state index in [9.17, 15) is 0 Å². The van der Waals surface area contributed by atoms with Gasteiger partial charge in [0.25, 0.3) is 0 Å². The van der Waals surface area contributed by atoms with Gasteiger partial charge < -0.3 is 15.8 Å². The SMILES string of the molecule is Nc1cc(C2CCNC3CCC(CC3)COc3cccc(c3)Cn3cc2cn3)c2n[nH]nc2n1. The van der Waals surface area contributed by atoms with Gasteiger partial charge in [-0.1, -0.05) is 12.1 Å². The van der Waals surface area contributed by atoms with Crippen LogP contribution in [0.1, 0.15) is 54.7 Å². The molecule has 9 nitrogen and oxygen atoms in total. The molecule has 0 spiro atoms. The molecule has 0 radical (unpaired) electrons. The predicted octanol–water partition coefficient (Wildman–Crippen LogP) is 3.24. The van der Waals surface area contributed by atoms with E-state index in [0.717, 1.165) is 42.0 Å². The normalized spacial score (nSPS) is 23.5. The van der Waals surface area contributed by atoms with Crippen molar-refractivity contribution in [3.05, 3.63) is 59.4 Å². The molecule has 9 heteroatoms.